The Kier molecular flexibility index (Phi) is 3.60. The van der Waals surface area contributed by atoms with Gasteiger partial charge in [0.05, 0.1) is 0 Å². The van der Waals surface area contributed by atoms with Crippen LogP contribution in [-0.2, 0) is 6.54 Å². The van der Waals surface area contributed by atoms with Crippen LogP contribution in [0.25, 0.3) is 10.4 Å². The number of rotatable bonds is 3. The molecule has 0 bridgehead atoms. The summed E-state index contributed by atoms with van der Waals surface area (Å²) in [5.41, 5.74) is 3.39. The zero-order valence-electron chi connectivity index (χ0n) is 10.3. The Morgan fingerprint density at radius 2 is 1.94 bits per heavy atom. The first-order valence-electron chi connectivity index (χ1n) is 5.62. The number of aryl methyl sites for hydroxylation is 2. The Morgan fingerprint density at radius 1 is 1.18 bits per heavy atom. The van der Waals surface area contributed by atoms with Crippen molar-refractivity contribution < 1.29 is 4.39 Å². The van der Waals surface area contributed by atoms with Crippen molar-refractivity contribution in [1.82, 2.24) is 5.32 Å². The molecule has 0 atom stereocenters. The number of hydrogen-bond acceptors (Lipinski definition) is 2. The van der Waals surface area contributed by atoms with Crippen LogP contribution >= 0.6 is 11.3 Å². The van der Waals surface area contributed by atoms with Crippen LogP contribution in [0.3, 0.4) is 0 Å². The van der Waals surface area contributed by atoms with Crippen molar-refractivity contribution in [3.8, 4) is 10.4 Å². The maximum atomic E-state index is 13.1. The molecule has 17 heavy (non-hydrogen) atoms. The molecule has 0 aliphatic carbocycles. The van der Waals surface area contributed by atoms with Gasteiger partial charge in [-0.3, -0.25) is 0 Å². The van der Waals surface area contributed by atoms with E-state index in [9.17, 15) is 4.39 Å². The van der Waals surface area contributed by atoms with Crippen molar-refractivity contribution in [2.24, 2.45) is 0 Å². The fraction of sp³-hybridized carbons (Fsp3) is 0.286. The summed E-state index contributed by atoms with van der Waals surface area (Å²) in [6.45, 7) is 4.94. The number of hydrogen-bond donors (Lipinski definition) is 1. The van der Waals surface area contributed by atoms with Gasteiger partial charge in [0.25, 0.3) is 0 Å². The number of thiophene rings is 1. The van der Waals surface area contributed by atoms with Crippen LogP contribution in [0.15, 0.2) is 24.3 Å². The van der Waals surface area contributed by atoms with Gasteiger partial charge in [-0.25, -0.2) is 4.39 Å². The quantitative estimate of drug-likeness (QED) is 0.870. The average Bonchev–Trinajstić information content (AvgIpc) is 2.60. The molecule has 2 aromatic rings. The van der Waals surface area contributed by atoms with Gasteiger partial charge in [0.1, 0.15) is 5.82 Å². The Morgan fingerprint density at radius 3 is 2.59 bits per heavy atom. The third kappa shape index (κ3) is 2.56. The minimum atomic E-state index is -0.170. The van der Waals surface area contributed by atoms with Gasteiger partial charge in [0.15, 0.2) is 0 Å². The first-order chi connectivity index (χ1) is 8.11. The summed E-state index contributed by atoms with van der Waals surface area (Å²) in [5.74, 6) is -0.170. The van der Waals surface area contributed by atoms with Gasteiger partial charge in [-0.1, -0.05) is 6.07 Å². The second-order valence-corrected chi connectivity index (χ2v) is 5.35. The fourth-order valence-electron chi connectivity index (χ4n) is 1.96. The summed E-state index contributed by atoms with van der Waals surface area (Å²) in [7, 11) is 1.94. The second kappa shape index (κ2) is 4.98. The van der Waals surface area contributed by atoms with E-state index >= 15 is 0 Å². The van der Waals surface area contributed by atoms with Gasteiger partial charge >= 0.3 is 0 Å². The normalized spacial score (nSPS) is 10.8. The van der Waals surface area contributed by atoms with Crippen LogP contribution < -0.4 is 5.32 Å². The lowest BCUT2D eigenvalue weighted by atomic mass is 10.0. The van der Waals surface area contributed by atoms with Crippen LogP contribution in [0.2, 0.25) is 0 Å². The first kappa shape index (κ1) is 12.3. The van der Waals surface area contributed by atoms with Crippen molar-refractivity contribution in [3.63, 3.8) is 0 Å². The predicted octanol–water partition coefficient (Wildman–Crippen LogP) is 3.89. The van der Waals surface area contributed by atoms with Crippen molar-refractivity contribution in [2.75, 3.05) is 7.05 Å². The predicted molar refractivity (Wildman–Crippen MR) is 72.0 cm³/mol. The molecule has 0 aliphatic rings. The van der Waals surface area contributed by atoms with Crippen LogP contribution in [0, 0.1) is 19.7 Å². The van der Waals surface area contributed by atoms with Crippen LogP contribution in [0.5, 0.6) is 0 Å². The fourth-order valence-corrected chi connectivity index (χ4v) is 3.23. The lowest BCUT2D eigenvalue weighted by Crippen LogP contribution is -2.02. The summed E-state index contributed by atoms with van der Waals surface area (Å²) >= 11 is 1.77. The van der Waals surface area contributed by atoms with E-state index in [1.54, 1.807) is 17.4 Å². The van der Waals surface area contributed by atoms with E-state index in [4.69, 9.17) is 0 Å². The van der Waals surface area contributed by atoms with Gasteiger partial charge in [0, 0.05) is 16.3 Å². The molecule has 3 heteroatoms. The summed E-state index contributed by atoms with van der Waals surface area (Å²) < 4.78 is 13.1. The lowest BCUT2D eigenvalue weighted by molar-refractivity contribution is 0.627. The maximum Gasteiger partial charge on any atom is 0.123 e. The van der Waals surface area contributed by atoms with Gasteiger partial charge < -0.3 is 5.32 Å². The van der Waals surface area contributed by atoms with Crippen molar-refractivity contribution in [2.45, 2.75) is 20.4 Å². The average molecular weight is 249 g/mol. The Bertz CT molecular complexity index is 531. The number of nitrogens with one attached hydrogen (secondary N) is 1. The largest absolute Gasteiger partial charge is 0.315 e. The molecule has 1 aromatic heterocycles. The van der Waals surface area contributed by atoms with Crippen molar-refractivity contribution in [1.29, 1.82) is 0 Å². The molecule has 0 unspecified atom stereocenters. The molecule has 1 nitrogen and oxygen atoms in total. The topological polar surface area (TPSA) is 12.0 Å². The molecule has 90 valence electrons. The smallest absolute Gasteiger partial charge is 0.123 e. The minimum absolute atomic E-state index is 0.170. The molecule has 1 N–H and O–H groups in total. The minimum Gasteiger partial charge on any atom is -0.315 e. The highest BCUT2D eigenvalue weighted by Gasteiger charge is 2.10. The molecule has 0 saturated carbocycles. The summed E-state index contributed by atoms with van der Waals surface area (Å²) in [4.78, 5) is 2.55. The molecule has 1 aromatic carbocycles. The van der Waals surface area contributed by atoms with Gasteiger partial charge in [-0.05, 0) is 55.8 Å². The van der Waals surface area contributed by atoms with Gasteiger partial charge in [0.2, 0.25) is 0 Å². The van der Waals surface area contributed by atoms with E-state index in [1.807, 2.05) is 20.0 Å². The SMILES string of the molecule is CNCc1cc(C)c(-c2ccc(F)cc2C)s1. The molecule has 0 radical (unpaired) electrons. The molecular weight excluding hydrogens is 233 g/mol. The first-order valence-corrected chi connectivity index (χ1v) is 6.44. The van der Waals surface area contributed by atoms with E-state index in [0.29, 0.717) is 0 Å². The summed E-state index contributed by atoms with van der Waals surface area (Å²) in [6, 6.07) is 7.18. The number of halogens is 1. The van der Waals surface area contributed by atoms with Crippen LogP contribution in [0.1, 0.15) is 16.0 Å². The molecule has 0 aliphatic heterocycles. The van der Waals surface area contributed by atoms with E-state index < -0.39 is 0 Å². The molecule has 0 spiro atoms. The zero-order valence-corrected chi connectivity index (χ0v) is 11.1. The van der Waals surface area contributed by atoms with Crippen molar-refractivity contribution in [3.05, 3.63) is 46.1 Å². The molecule has 1 heterocycles. The highest BCUT2D eigenvalue weighted by molar-refractivity contribution is 7.15. The molecule has 0 amide bonds. The Hall–Kier alpha value is -1.19. The van der Waals surface area contributed by atoms with E-state index in [2.05, 4.69) is 18.3 Å². The van der Waals surface area contributed by atoms with Crippen LogP contribution in [-0.4, -0.2) is 7.05 Å². The zero-order chi connectivity index (χ0) is 12.4. The van der Waals surface area contributed by atoms with Crippen LogP contribution in [0.4, 0.5) is 4.39 Å². The standard InChI is InChI=1S/C14H16FNS/c1-9-6-11(15)4-5-13(9)14-10(2)7-12(17-14)8-16-3/h4-7,16H,8H2,1-3H3. The van der Waals surface area contributed by atoms with E-state index in [0.717, 1.165) is 17.7 Å². The van der Waals surface area contributed by atoms with Gasteiger partial charge in [-0.2, -0.15) is 0 Å². The molecule has 0 saturated heterocycles. The Labute approximate surface area is 105 Å². The highest BCUT2D eigenvalue weighted by atomic mass is 32.1. The Balaban J connectivity index is 2.45. The third-order valence-electron chi connectivity index (χ3n) is 2.75. The number of benzene rings is 1. The van der Waals surface area contributed by atoms with E-state index in [-0.39, 0.29) is 5.82 Å². The monoisotopic (exact) mass is 249 g/mol. The molecule has 0 fully saturated rings. The summed E-state index contributed by atoms with van der Waals surface area (Å²) in [5, 5.41) is 3.15. The van der Waals surface area contributed by atoms with E-state index in [1.165, 1.54) is 21.4 Å². The second-order valence-electron chi connectivity index (χ2n) is 4.21. The molecular formula is C14H16FNS. The third-order valence-corrected chi connectivity index (χ3v) is 4.02. The van der Waals surface area contributed by atoms with Gasteiger partial charge in [-0.15, -0.1) is 11.3 Å². The maximum absolute atomic E-state index is 13.1. The molecule has 2 rings (SSSR count). The van der Waals surface area contributed by atoms with Crippen molar-refractivity contribution >= 4 is 11.3 Å². The lowest BCUT2D eigenvalue weighted by Gasteiger charge is -2.04. The highest BCUT2D eigenvalue weighted by Crippen LogP contribution is 2.34. The summed E-state index contributed by atoms with van der Waals surface area (Å²) in [6.07, 6.45) is 0.